The van der Waals surface area contributed by atoms with Crippen LogP contribution in [-0.2, 0) is 0 Å². The van der Waals surface area contributed by atoms with Gasteiger partial charge in [-0.15, -0.1) is 0 Å². The average molecular weight is 202 g/mol. The van der Waals surface area contributed by atoms with Crippen molar-refractivity contribution in [2.24, 2.45) is 5.92 Å². The van der Waals surface area contributed by atoms with Gasteiger partial charge in [0.1, 0.15) is 5.82 Å². The van der Waals surface area contributed by atoms with Gasteiger partial charge in [0.2, 0.25) is 0 Å². The zero-order chi connectivity index (χ0) is 10.5. The molecular formula is C11H14N4. The molecule has 0 amide bonds. The van der Waals surface area contributed by atoms with Gasteiger partial charge in [-0.25, -0.2) is 4.98 Å². The van der Waals surface area contributed by atoms with E-state index in [0.29, 0.717) is 12.3 Å². The van der Waals surface area contributed by atoms with E-state index >= 15 is 0 Å². The lowest BCUT2D eigenvalue weighted by molar-refractivity contribution is 0.420. The fourth-order valence-corrected chi connectivity index (χ4v) is 2.02. The molecule has 2 rings (SSSR count). The van der Waals surface area contributed by atoms with Crippen LogP contribution in [-0.4, -0.2) is 23.1 Å². The summed E-state index contributed by atoms with van der Waals surface area (Å²) < 4.78 is 0. The van der Waals surface area contributed by atoms with Gasteiger partial charge in [0.05, 0.1) is 12.3 Å². The smallest absolute Gasteiger partial charge is 0.147 e. The first-order chi connectivity index (χ1) is 7.40. The molecule has 4 heteroatoms. The molecule has 0 N–H and O–H groups in total. The Balaban J connectivity index is 2.02. The number of aromatic nitrogens is 2. The number of hydrogen-bond acceptors (Lipinski definition) is 4. The zero-order valence-electron chi connectivity index (χ0n) is 8.63. The van der Waals surface area contributed by atoms with Crippen LogP contribution in [0, 0.1) is 17.2 Å². The molecule has 0 saturated carbocycles. The molecular weight excluding hydrogens is 188 g/mol. The third-order valence-electron chi connectivity index (χ3n) is 2.77. The number of rotatable bonds is 2. The molecule has 1 unspecified atom stereocenters. The maximum atomic E-state index is 8.68. The summed E-state index contributed by atoms with van der Waals surface area (Å²) in [6, 6.07) is 2.25. The summed E-state index contributed by atoms with van der Waals surface area (Å²) in [4.78, 5) is 10.6. The molecule has 78 valence electrons. The summed E-state index contributed by atoms with van der Waals surface area (Å²) in [6.07, 6.45) is 8.13. The Hall–Kier alpha value is -1.63. The van der Waals surface area contributed by atoms with Crippen LogP contribution < -0.4 is 4.90 Å². The second-order valence-electron chi connectivity index (χ2n) is 3.88. The molecule has 0 aromatic carbocycles. The molecule has 2 heterocycles. The summed E-state index contributed by atoms with van der Waals surface area (Å²) in [7, 11) is 0. The van der Waals surface area contributed by atoms with E-state index in [-0.39, 0.29) is 0 Å². The monoisotopic (exact) mass is 202 g/mol. The normalized spacial score (nSPS) is 21.0. The van der Waals surface area contributed by atoms with Crippen molar-refractivity contribution in [1.29, 1.82) is 5.26 Å². The Morgan fingerprint density at radius 1 is 1.53 bits per heavy atom. The molecule has 1 aromatic heterocycles. The average Bonchev–Trinajstić information content (AvgIpc) is 2.31. The van der Waals surface area contributed by atoms with E-state index < -0.39 is 0 Å². The molecule has 1 fully saturated rings. The van der Waals surface area contributed by atoms with E-state index in [1.807, 2.05) is 0 Å². The van der Waals surface area contributed by atoms with Crippen LogP contribution in [0.4, 0.5) is 5.82 Å². The first kappa shape index (κ1) is 9.91. The van der Waals surface area contributed by atoms with Gasteiger partial charge >= 0.3 is 0 Å². The Bertz CT molecular complexity index is 343. The minimum atomic E-state index is 0.491. The highest BCUT2D eigenvalue weighted by atomic mass is 15.2. The maximum absolute atomic E-state index is 8.68. The van der Waals surface area contributed by atoms with Crippen LogP contribution in [0.25, 0.3) is 0 Å². The van der Waals surface area contributed by atoms with E-state index in [4.69, 9.17) is 5.26 Å². The highest BCUT2D eigenvalue weighted by Crippen LogP contribution is 2.22. The largest absolute Gasteiger partial charge is 0.355 e. The minimum Gasteiger partial charge on any atom is -0.355 e. The van der Waals surface area contributed by atoms with Crippen molar-refractivity contribution < 1.29 is 0 Å². The Morgan fingerprint density at radius 3 is 3.20 bits per heavy atom. The van der Waals surface area contributed by atoms with E-state index in [9.17, 15) is 0 Å². The Morgan fingerprint density at radius 2 is 2.47 bits per heavy atom. The van der Waals surface area contributed by atoms with Crippen molar-refractivity contribution in [2.45, 2.75) is 19.3 Å². The maximum Gasteiger partial charge on any atom is 0.147 e. The van der Waals surface area contributed by atoms with E-state index in [1.54, 1.807) is 18.6 Å². The molecule has 0 spiro atoms. The first-order valence-corrected chi connectivity index (χ1v) is 5.28. The van der Waals surface area contributed by atoms with Gasteiger partial charge in [-0.05, 0) is 18.8 Å². The van der Waals surface area contributed by atoms with E-state index in [2.05, 4.69) is 20.9 Å². The summed E-state index contributed by atoms with van der Waals surface area (Å²) >= 11 is 0. The molecule has 15 heavy (non-hydrogen) atoms. The molecule has 0 radical (unpaired) electrons. The number of hydrogen-bond donors (Lipinski definition) is 0. The van der Waals surface area contributed by atoms with Gasteiger partial charge in [-0.1, -0.05) is 0 Å². The van der Waals surface area contributed by atoms with Gasteiger partial charge in [-0.3, -0.25) is 4.98 Å². The first-order valence-electron chi connectivity index (χ1n) is 5.28. The Kier molecular flexibility index (Phi) is 3.13. The summed E-state index contributed by atoms with van der Waals surface area (Å²) in [5, 5.41) is 8.68. The second kappa shape index (κ2) is 4.74. The van der Waals surface area contributed by atoms with Gasteiger partial charge in [0, 0.05) is 31.9 Å². The highest BCUT2D eigenvalue weighted by Gasteiger charge is 2.20. The predicted molar refractivity (Wildman–Crippen MR) is 57.2 cm³/mol. The lowest BCUT2D eigenvalue weighted by Crippen LogP contribution is -2.35. The summed E-state index contributed by atoms with van der Waals surface area (Å²) in [6.45, 7) is 1.97. The standard InChI is InChI=1S/C11H14N4/c12-4-3-10-2-1-7-15(9-10)11-8-13-5-6-14-11/h5-6,8,10H,1-3,7,9H2. The SMILES string of the molecule is N#CCC1CCCN(c2cnccn2)C1. The van der Waals surface area contributed by atoms with Crippen LogP contribution in [0.5, 0.6) is 0 Å². The molecule has 1 aliphatic heterocycles. The molecule has 1 saturated heterocycles. The topological polar surface area (TPSA) is 52.8 Å². The minimum absolute atomic E-state index is 0.491. The summed E-state index contributed by atoms with van der Waals surface area (Å²) in [5.41, 5.74) is 0. The van der Waals surface area contributed by atoms with Crippen molar-refractivity contribution in [3.8, 4) is 6.07 Å². The number of nitriles is 1. The molecule has 1 atom stereocenters. The van der Waals surface area contributed by atoms with Crippen LogP contribution >= 0.6 is 0 Å². The lowest BCUT2D eigenvalue weighted by Gasteiger charge is -2.32. The third-order valence-corrected chi connectivity index (χ3v) is 2.77. The number of piperidine rings is 1. The van der Waals surface area contributed by atoms with Crippen molar-refractivity contribution in [3.05, 3.63) is 18.6 Å². The highest BCUT2D eigenvalue weighted by molar-refractivity contribution is 5.35. The molecule has 0 bridgehead atoms. The van der Waals surface area contributed by atoms with E-state index in [0.717, 1.165) is 31.7 Å². The van der Waals surface area contributed by atoms with Crippen LogP contribution in [0.3, 0.4) is 0 Å². The third kappa shape index (κ3) is 2.44. The molecule has 1 aliphatic rings. The lowest BCUT2D eigenvalue weighted by atomic mass is 9.95. The van der Waals surface area contributed by atoms with Crippen LogP contribution in [0.1, 0.15) is 19.3 Å². The molecule has 4 nitrogen and oxygen atoms in total. The summed E-state index contributed by atoms with van der Waals surface area (Å²) in [5.74, 6) is 1.42. The zero-order valence-corrected chi connectivity index (χ0v) is 8.63. The van der Waals surface area contributed by atoms with E-state index in [1.165, 1.54) is 0 Å². The van der Waals surface area contributed by atoms with Crippen LogP contribution in [0.2, 0.25) is 0 Å². The molecule has 0 aliphatic carbocycles. The fraction of sp³-hybridized carbons (Fsp3) is 0.545. The van der Waals surface area contributed by atoms with Crippen LogP contribution in [0.15, 0.2) is 18.6 Å². The quantitative estimate of drug-likeness (QED) is 0.731. The van der Waals surface area contributed by atoms with Crippen molar-refractivity contribution >= 4 is 5.82 Å². The second-order valence-corrected chi connectivity index (χ2v) is 3.88. The van der Waals surface area contributed by atoms with Crippen molar-refractivity contribution in [2.75, 3.05) is 18.0 Å². The van der Waals surface area contributed by atoms with Gasteiger partial charge in [-0.2, -0.15) is 5.26 Å². The Labute approximate surface area is 89.6 Å². The van der Waals surface area contributed by atoms with Gasteiger partial charge in [0.15, 0.2) is 0 Å². The molecule has 1 aromatic rings. The van der Waals surface area contributed by atoms with Crippen molar-refractivity contribution in [3.63, 3.8) is 0 Å². The number of anilines is 1. The fourth-order valence-electron chi connectivity index (χ4n) is 2.02. The van der Waals surface area contributed by atoms with Gasteiger partial charge < -0.3 is 4.90 Å². The predicted octanol–water partition coefficient (Wildman–Crippen LogP) is 1.61. The van der Waals surface area contributed by atoms with Gasteiger partial charge in [0.25, 0.3) is 0 Å². The van der Waals surface area contributed by atoms with Crippen molar-refractivity contribution in [1.82, 2.24) is 9.97 Å². The number of nitrogens with zero attached hydrogens (tertiary/aromatic N) is 4.